The molecule has 0 saturated heterocycles. The normalized spacial score (nSPS) is 12.2. The number of fused-ring (bicyclic) bond motifs is 3. The Kier molecular flexibility index (Phi) is 3.20. The summed E-state index contributed by atoms with van der Waals surface area (Å²) >= 11 is 0. The van der Waals surface area contributed by atoms with Gasteiger partial charge in [0.25, 0.3) is 0 Å². The zero-order valence-corrected chi connectivity index (χ0v) is 14.4. The van der Waals surface area contributed by atoms with Gasteiger partial charge in [-0.25, -0.2) is 4.98 Å². The molecule has 0 fully saturated rings. The van der Waals surface area contributed by atoms with E-state index < -0.39 is 0 Å². The summed E-state index contributed by atoms with van der Waals surface area (Å²) in [6.07, 6.45) is 3.58. The predicted molar refractivity (Wildman–Crippen MR) is 98.2 cm³/mol. The van der Waals surface area contributed by atoms with Crippen LogP contribution in [0.25, 0.3) is 33.1 Å². The molecule has 0 spiro atoms. The van der Waals surface area contributed by atoms with Gasteiger partial charge >= 0.3 is 0 Å². The maximum Gasteiger partial charge on any atom is 0.160 e. The smallest absolute Gasteiger partial charge is 0.160 e. The van der Waals surface area contributed by atoms with E-state index in [2.05, 4.69) is 56.9 Å². The molecule has 0 unspecified atom stereocenters. The highest BCUT2D eigenvalue weighted by atomic mass is 16.3. The van der Waals surface area contributed by atoms with Crippen molar-refractivity contribution in [2.45, 2.75) is 33.1 Å². The van der Waals surface area contributed by atoms with E-state index in [0.717, 1.165) is 38.8 Å². The van der Waals surface area contributed by atoms with Gasteiger partial charge in [0.1, 0.15) is 5.52 Å². The first-order valence-corrected chi connectivity index (χ1v) is 8.18. The number of benzene rings is 1. The highest BCUT2D eigenvalue weighted by Crippen LogP contribution is 2.35. The molecule has 4 rings (SSSR count). The van der Waals surface area contributed by atoms with Gasteiger partial charge < -0.3 is 4.42 Å². The van der Waals surface area contributed by atoms with Crippen LogP contribution in [-0.4, -0.2) is 9.97 Å². The second-order valence-electron chi connectivity index (χ2n) is 7.32. The van der Waals surface area contributed by atoms with Crippen molar-refractivity contribution in [3.63, 3.8) is 0 Å². The molecule has 4 aromatic rings. The fourth-order valence-electron chi connectivity index (χ4n) is 3.02. The molecule has 0 aliphatic carbocycles. The lowest BCUT2D eigenvalue weighted by molar-refractivity contribution is 0.570. The summed E-state index contributed by atoms with van der Waals surface area (Å²) in [6.45, 7) is 8.60. The minimum absolute atomic E-state index is 0.00923. The Balaban J connectivity index is 2.10. The molecule has 3 aromatic heterocycles. The van der Waals surface area contributed by atoms with Crippen LogP contribution in [0.1, 0.15) is 32.0 Å². The topological polar surface area (TPSA) is 38.9 Å². The van der Waals surface area contributed by atoms with Crippen LogP contribution in [0, 0.1) is 6.92 Å². The van der Waals surface area contributed by atoms with E-state index >= 15 is 0 Å². The molecule has 0 radical (unpaired) electrons. The van der Waals surface area contributed by atoms with Crippen molar-refractivity contribution < 1.29 is 4.42 Å². The number of hydrogen-bond donors (Lipinski definition) is 0. The van der Waals surface area contributed by atoms with Crippen LogP contribution < -0.4 is 0 Å². The van der Waals surface area contributed by atoms with Gasteiger partial charge in [-0.15, -0.1) is 0 Å². The van der Waals surface area contributed by atoms with Crippen molar-refractivity contribution in [1.82, 2.24) is 9.97 Å². The lowest BCUT2D eigenvalue weighted by atomic mass is 9.90. The van der Waals surface area contributed by atoms with Gasteiger partial charge in [-0.3, -0.25) is 4.98 Å². The number of furan rings is 1. The average molecular weight is 316 g/mol. The van der Waals surface area contributed by atoms with E-state index in [-0.39, 0.29) is 5.41 Å². The van der Waals surface area contributed by atoms with Crippen LogP contribution >= 0.6 is 0 Å². The molecule has 3 heteroatoms. The first kappa shape index (κ1) is 14.9. The molecule has 0 saturated carbocycles. The van der Waals surface area contributed by atoms with Gasteiger partial charge in [0.05, 0.1) is 12.0 Å². The van der Waals surface area contributed by atoms with Gasteiger partial charge in [0.2, 0.25) is 0 Å². The summed E-state index contributed by atoms with van der Waals surface area (Å²) in [5.41, 5.74) is 6.05. The fourth-order valence-corrected chi connectivity index (χ4v) is 3.02. The van der Waals surface area contributed by atoms with E-state index in [1.54, 1.807) is 6.26 Å². The Morgan fingerprint density at radius 3 is 2.58 bits per heavy atom. The first-order valence-electron chi connectivity index (χ1n) is 8.18. The average Bonchev–Trinajstić information content (AvgIpc) is 3.01. The molecule has 3 nitrogen and oxygen atoms in total. The predicted octanol–water partition coefficient (Wildman–Crippen LogP) is 5.65. The second-order valence-corrected chi connectivity index (χ2v) is 7.32. The maximum atomic E-state index is 5.73. The van der Waals surface area contributed by atoms with E-state index in [9.17, 15) is 0 Å². The molecular weight excluding hydrogens is 296 g/mol. The summed E-state index contributed by atoms with van der Waals surface area (Å²) in [4.78, 5) is 9.50. The Morgan fingerprint density at radius 1 is 1.00 bits per heavy atom. The molecule has 0 atom stereocenters. The van der Waals surface area contributed by atoms with E-state index in [1.807, 2.05) is 18.3 Å². The fraction of sp³-hybridized carbons (Fsp3) is 0.238. The van der Waals surface area contributed by atoms with Crippen molar-refractivity contribution in [3.8, 4) is 11.3 Å². The van der Waals surface area contributed by atoms with Crippen LogP contribution in [0.5, 0.6) is 0 Å². The number of aromatic nitrogens is 2. The second kappa shape index (κ2) is 5.17. The summed E-state index contributed by atoms with van der Waals surface area (Å²) in [5.74, 6) is 0. The van der Waals surface area contributed by atoms with Crippen LogP contribution in [0.15, 0.2) is 53.3 Å². The summed E-state index contributed by atoms with van der Waals surface area (Å²) in [6, 6.07) is 12.5. The van der Waals surface area contributed by atoms with E-state index in [4.69, 9.17) is 9.40 Å². The third-order valence-electron chi connectivity index (χ3n) is 4.36. The monoisotopic (exact) mass is 316 g/mol. The number of pyridine rings is 2. The molecule has 24 heavy (non-hydrogen) atoms. The van der Waals surface area contributed by atoms with Crippen LogP contribution in [0.3, 0.4) is 0 Å². The Bertz CT molecular complexity index is 1050. The van der Waals surface area contributed by atoms with Crippen molar-refractivity contribution in [1.29, 1.82) is 0 Å². The van der Waals surface area contributed by atoms with Gasteiger partial charge in [0.15, 0.2) is 5.58 Å². The minimum atomic E-state index is -0.00923. The molecule has 0 aliphatic heterocycles. The summed E-state index contributed by atoms with van der Waals surface area (Å²) in [7, 11) is 0. The quantitative estimate of drug-likeness (QED) is 0.455. The van der Waals surface area contributed by atoms with Crippen LogP contribution in [0.4, 0.5) is 0 Å². The molecule has 0 N–H and O–H groups in total. The van der Waals surface area contributed by atoms with Crippen LogP contribution in [0.2, 0.25) is 0 Å². The highest BCUT2D eigenvalue weighted by molar-refractivity contribution is 6.09. The SMILES string of the molecule is Cc1ccnc(-c2cc3ccoc3c3nc(C(C)(C)C)ccc23)c1. The largest absolute Gasteiger partial charge is 0.462 e. The first-order chi connectivity index (χ1) is 11.4. The zero-order chi connectivity index (χ0) is 16.9. The van der Waals surface area contributed by atoms with Crippen molar-refractivity contribution in [3.05, 3.63) is 60.1 Å². The lowest BCUT2D eigenvalue weighted by Crippen LogP contribution is -2.13. The third kappa shape index (κ3) is 2.37. The van der Waals surface area contributed by atoms with E-state index in [0.29, 0.717) is 0 Å². The molecule has 1 aromatic carbocycles. The van der Waals surface area contributed by atoms with Crippen LogP contribution in [-0.2, 0) is 5.41 Å². The van der Waals surface area contributed by atoms with Crippen molar-refractivity contribution >= 4 is 21.9 Å². The molecule has 3 heterocycles. The van der Waals surface area contributed by atoms with Crippen molar-refractivity contribution in [2.75, 3.05) is 0 Å². The van der Waals surface area contributed by atoms with Gasteiger partial charge in [-0.1, -0.05) is 26.8 Å². The van der Waals surface area contributed by atoms with Gasteiger partial charge in [-0.05, 0) is 42.8 Å². The lowest BCUT2D eigenvalue weighted by Gasteiger charge is -2.18. The Morgan fingerprint density at radius 2 is 1.83 bits per heavy atom. The number of hydrogen-bond acceptors (Lipinski definition) is 3. The maximum absolute atomic E-state index is 5.73. The molecule has 0 amide bonds. The number of rotatable bonds is 1. The number of nitrogens with zero attached hydrogens (tertiary/aromatic N) is 2. The zero-order valence-electron chi connectivity index (χ0n) is 14.4. The summed E-state index contributed by atoms with van der Waals surface area (Å²) in [5, 5.41) is 2.13. The highest BCUT2D eigenvalue weighted by Gasteiger charge is 2.19. The molecule has 0 aliphatic rings. The molecular formula is C21H20N2O. The summed E-state index contributed by atoms with van der Waals surface area (Å²) < 4.78 is 5.73. The third-order valence-corrected chi connectivity index (χ3v) is 4.36. The molecule has 120 valence electrons. The minimum Gasteiger partial charge on any atom is -0.462 e. The standard InChI is InChI=1S/C21H20N2O/c1-13-7-9-22-17(11-13)16-12-14-8-10-24-20(14)19-15(16)5-6-18(23-19)21(2,3)4/h5-12H,1-4H3. The Labute approximate surface area is 141 Å². The molecule has 0 bridgehead atoms. The van der Waals surface area contributed by atoms with E-state index in [1.165, 1.54) is 5.56 Å². The van der Waals surface area contributed by atoms with Gasteiger partial charge in [-0.2, -0.15) is 0 Å². The number of aryl methyl sites for hydroxylation is 1. The Hall–Kier alpha value is -2.68. The van der Waals surface area contributed by atoms with Gasteiger partial charge in [0, 0.05) is 33.6 Å². The van der Waals surface area contributed by atoms with Crippen molar-refractivity contribution in [2.24, 2.45) is 0 Å².